The average Bonchev–Trinajstić information content (AvgIpc) is 2.73. The van der Waals surface area contributed by atoms with E-state index >= 15 is 0 Å². The molecule has 0 aliphatic carbocycles. The van der Waals surface area contributed by atoms with Crippen LogP contribution in [-0.2, 0) is 14.3 Å². The first-order chi connectivity index (χ1) is 13.9. The number of nitrogens with one attached hydrogen (secondary N) is 1. The fourth-order valence-corrected chi connectivity index (χ4v) is 2.65. The van der Waals surface area contributed by atoms with Gasteiger partial charge in [0.1, 0.15) is 18.1 Å². The molecule has 1 aliphatic rings. The summed E-state index contributed by atoms with van der Waals surface area (Å²) in [6, 6.07) is 11.0. The molecule has 0 saturated carbocycles. The topological polar surface area (TPSA) is 117 Å². The minimum Gasteiger partial charge on any atom is -0.494 e. The monoisotopic (exact) mass is 398 g/mol. The van der Waals surface area contributed by atoms with Gasteiger partial charge in [-0.3, -0.25) is 14.9 Å². The molecule has 2 aromatic rings. The Balaban J connectivity index is 1.66. The second-order valence-corrected chi connectivity index (χ2v) is 6.17. The number of carbonyl (C=O) groups is 2. The van der Waals surface area contributed by atoms with Crippen LogP contribution in [0.15, 0.2) is 48.0 Å². The number of nitrogens with zero attached hydrogens (tertiary/aromatic N) is 1. The van der Waals surface area contributed by atoms with Crippen LogP contribution in [0.4, 0.5) is 11.4 Å². The Morgan fingerprint density at radius 2 is 2.00 bits per heavy atom. The Bertz CT molecular complexity index is 1000. The molecule has 1 atom stereocenters. The number of methoxy groups -OCH3 is 1. The molecule has 0 spiro atoms. The van der Waals surface area contributed by atoms with Gasteiger partial charge in [-0.15, -0.1) is 0 Å². The van der Waals surface area contributed by atoms with Crippen molar-refractivity contribution in [3.63, 3.8) is 0 Å². The number of para-hydroxylation sites is 1. The molecule has 9 heteroatoms. The van der Waals surface area contributed by atoms with Gasteiger partial charge in [0.05, 0.1) is 29.4 Å². The number of anilines is 1. The molecule has 3 rings (SSSR count). The zero-order valence-corrected chi connectivity index (χ0v) is 15.7. The van der Waals surface area contributed by atoms with Crippen molar-refractivity contribution in [3.05, 3.63) is 63.7 Å². The van der Waals surface area contributed by atoms with E-state index in [1.54, 1.807) is 18.2 Å². The molecule has 29 heavy (non-hydrogen) atoms. The number of nitro groups is 1. The number of fused-ring (bicyclic) bond motifs is 1. The van der Waals surface area contributed by atoms with Crippen molar-refractivity contribution in [2.45, 2.75) is 13.0 Å². The predicted molar refractivity (Wildman–Crippen MR) is 104 cm³/mol. The summed E-state index contributed by atoms with van der Waals surface area (Å²) in [6.45, 7) is 1.46. The molecule has 1 amide bonds. The van der Waals surface area contributed by atoms with Crippen LogP contribution >= 0.6 is 0 Å². The molecule has 0 unspecified atom stereocenters. The summed E-state index contributed by atoms with van der Waals surface area (Å²) in [5, 5.41) is 13.4. The Morgan fingerprint density at radius 1 is 1.24 bits per heavy atom. The van der Waals surface area contributed by atoms with Gasteiger partial charge in [-0.05, 0) is 25.1 Å². The first-order valence-electron chi connectivity index (χ1n) is 8.65. The highest BCUT2D eigenvalue weighted by Crippen LogP contribution is 2.29. The molecule has 1 heterocycles. The number of rotatable bonds is 6. The summed E-state index contributed by atoms with van der Waals surface area (Å²) in [5.41, 5.74) is 1.08. The fourth-order valence-electron chi connectivity index (χ4n) is 2.65. The van der Waals surface area contributed by atoms with E-state index < -0.39 is 22.9 Å². The van der Waals surface area contributed by atoms with Crippen molar-refractivity contribution in [1.29, 1.82) is 0 Å². The van der Waals surface area contributed by atoms with Crippen molar-refractivity contribution < 1.29 is 28.7 Å². The van der Waals surface area contributed by atoms with Crippen molar-refractivity contribution in [2.24, 2.45) is 0 Å². The minimum absolute atomic E-state index is 0.0420. The molecule has 0 radical (unpaired) electrons. The Morgan fingerprint density at radius 3 is 2.72 bits per heavy atom. The minimum atomic E-state index is -1.11. The van der Waals surface area contributed by atoms with Crippen molar-refractivity contribution in [2.75, 3.05) is 19.0 Å². The van der Waals surface area contributed by atoms with E-state index in [9.17, 15) is 19.7 Å². The van der Waals surface area contributed by atoms with Gasteiger partial charge in [0.15, 0.2) is 6.10 Å². The molecule has 0 bridgehead atoms. The zero-order chi connectivity index (χ0) is 21.0. The summed E-state index contributed by atoms with van der Waals surface area (Å²) in [7, 11) is 1.32. The van der Waals surface area contributed by atoms with Crippen molar-refractivity contribution in [1.82, 2.24) is 0 Å². The van der Waals surface area contributed by atoms with E-state index in [1.807, 2.05) is 12.1 Å². The molecule has 0 aromatic heterocycles. The molecule has 1 N–H and O–H groups in total. The van der Waals surface area contributed by atoms with Crippen LogP contribution in [0.3, 0.4) is 0 Å². The van der Waals surface area contributed by atoms with Gasteiger partial charge < -0.3 is 19.5 Å². The Kier molecular flexibility index (Phi) is 5.77. The highest BCUT2D eigenvalue weighted by Gasteiger charge is 2.24. The Labute approximate surface area is 166 Å². The summed E-state index contributed by atoms with van der Waals surface area (Å²) in [5.74, 6) is -0.493. The highest BCUT2D eigenvalue weighted by atomic mass is 16.6. The standard InChI is InChI=1S/C20H18N2O7/c1-12(19(23)21-16-8-7-15(22(25)26)10-18(16)27-2)29-20(24)14-9-13-5-3-4-6-17(13)28-11-14/h3-10,12H,11H2,1-2H3,(H,21,23)/t12-/m0/s1. The van der Waals surface area contributed by atoms with Gasteiger partial charge in [-0.1, -0.05) is 18.2 Å². The number of non-ortho nitro benzene ring substituents is 1. The molecule has 9 nitrogen and oxygen atoms in total. The van der Waals surface area contributed by atoms with Crippen LogP contribution in [0.1, 0.15) is 12.5 Å². The van der Waals surface area contributed by atoms with E-state index in [0.29, 0.717) is 5.75 Å². The quantitative estimate of drug-likeness (QED) is 0.452. The van der Waals surface area contributed by atoms with Crippen LogP contribution in [-0.4, -0.2) is 36.6 Å². The maximum Gasteiger partial charge on any atom is 0.338 e. The van der Waals surface area contributed by atoms with Gasteiger partial charge >= 0.3 is 5.97 Å². The second kappa shape index (κ2) is 8.42. The first kappa shape index (κ1) is 19.9. The Hall–Kier alpha value is -3.88. The smallest absolute Gasteiger partial charge is 0.338 e. The normalized spacial score (nSPS) is 13.2. The van der Waals surface area contributed by atoms with Gasteiger partial charge in [-0.2, -0.15) is 0 Å². The van der Waals surface area contributed by atoms with Crippen molar-refractivity contribution >= 4 is 29.3 Å². The number of hydrogen-bond acceptors (Lipinski definition) is 7. The second-order valence-electron chi connectivity index (χ2n) is 6.17. The van der Waals surface area contributed by atoms with E-state index in [0.717, 1.165) is 5.56 Å². The molecular weight excluding hydrogens is 380 g/mol. The van der Waals surface area contributed by atoms with Crippen LogP contribution in [0.2, 0.25) is 0 Å². The molecule has 0 fully saturated rings. The predicted octanol–water partition coefficient (Wildman–Crippen LogP) is 2.95. The lowest BCUT2D eigenvalue weighted by Gasteiger charge is -2.19. The van der Waals surface area contributed by atoms with Gasteiger partial charge in [0.25, 0.3) is 11.6 Å². The number of benzene rings is 2. The van der Waals surface area contributed by atoms with E-state index in [-0.39, 0.29) is 29.3 Å². The largest absolute Gasteiger partial charge is 0.494 e. The average molecular weight is 398 g/mol. The van der Waals surface area contributed by atoms with Crippen LogP contribution < -0.4 is 14.8 Å². The number of esters is 1. The van der Waals surface area contributed by atoms with E-state index in [4.69, 9.17) is 14.2 Å². The lowest BCUT2D eigenvalue weighted by molar-refractivity contribution is -0.384. The first-order valence-corrected chi connectivity index (χ1v) is 8.65. The highest BCUT2D eigenvalue weighted by molar-refractivity contribution is 6.00. The molecule has 2 aromatic carbocycles. The third kappa shape index (κ3) is 4.52. The van der Waals surface area contributed by atoms with Crippen molar-refractivity contribution in [3.8, 4) is 11.5 Å². The number of amides is 1. The fraction of sp³-hybridized carbons (Fsp3) is 0.200. The zero-order valence-electron chi connectivity index (χ0n) is 15.7. The third-order valence-corrected chi connectivity index (χ3v) is 4.20. The molecule has 1 aliphatic heterocycles. The lowest BCUT2D eigenvalue weighted by Crippen LogP contribution is -2.31. The van der Waals surface area contributed by atoms with Gasteiger partial charge in [-0.25, -0.2) is 4.79 Å². The van der Waals surface area contributed by atoms with Crippen LogP contribution in [0.25, 0.3) is 6.08 Å². The lowest BCUT2D eigenvalue weighted by atomic mass is 10.1. The van der Waals surface area contributed by atoms with Gasteiger partial charge in [0.2, 0.25) is 0 Å². The summed E-state index contributed by atoms with van der Waals surface area (Å²) in [4.78, 5) is 35.0. The molecule has 150 valence electrons. The number of ether oxygens (including phenoxy) is 3. The SMILES string of the molecule is COc1cc([N+](=O)[O-])ccc1NC(=O)[C@H](C)OC(=O)C1=Cc2ccccc2OC1. The maximum absolute atomic E-state index is 12.4. The summed E-state index contributed by atoms with van der Waals surface area (Å²) >= 11 is 0. The number of carbonyl (C=O) groups excluding carboxylic acids is 2. The maximum atomic E-state index is 12.4. The van der Waals surface area contributed by atoms with E-state index in [2.05, 4.69) is 5.32 Å². The molecule has 0 saturated heterocycles. The van der Waals surface area contributed by atoms with Crippen LogP contribution in [0, 0.1) is 10.1 Å². The molecular formula is C20H18N2O7. The number of hydrogen-bond donors (Lipinski definition) is 1. The number of nitro benzene ring substituents is 1. The van der Waals surface area contributed by atoms with Crippen LogP contribution in [0.5, 0.6) is 11.5 Å². The van der Waals surface area contributed by atoms with Gasteiger partial charge in [0, 0.05) is 11.6 Å². The van der Waals surface area contributed by atoms with E-state index in [1.165, 1.54) is 32.2 Å². The summed E-state index contributed by atoms with van der Waals surface area (Å²) < 4.78 is 15.8. The summed E-state index contributed by atoms with van der Waals surface area (Å²) in [6.07, 6.45) is 0.547. The third-order valence-electron chi connectivity index (χ3n) is 4.20.